The van der Waals surface area contributed by atoms with Crippen molar-refractivity contribution >= 4 is 35.1 Å². The first-order valence-electron chi connectivity index (χ1n) is 4.94. The Hall–Kier alpha value is -1.60. The van der Waals surface area contributed by atoms with Gasteiger partial charge in [0.05, 0.1) is 10.7 Å². The van der Waals surface area contributed by atoms with Crippen LogP contribution in [0, 0.1) is 4.77 Å². The molecule has 1 aromatic heterocycles. The number of tetrazole rings is 1. The van der Waals surface area contributed by atoms with Crippen LogP contribution in [-0.4, -0.2) is 32.2 Å². The molecule has 0 aliphatic rings. The van der Waals surface area contributed by atoms with Gasteiger partial charge >= 0.3 is 0 Å². The molecule has 0 saturated heterocycles. The highest BCUT2D eigenvalue weighted by Gasteiger charge is 2.05. The van der Waals surface area contributed by atoms with Gasteiger partial charge in [0.2, 0.25) is 4.77 Å². The van der Waals surface area contributed by atoms with E-state index in [0.717, 1.165) is 16.4 Å². The van der Waals surface area contributed by atoms with Crippen LogP contribution in [0.4, 0.5) is 5.69 Å². The van der Waals surface area contributed by atoms with E-state index in [1.807, 2.05) is 43.1 Å². The van der Waals surface area contributed by atoms with Gasteiger partial charge in [-0.2, -0.15) is 5.21 Å². The van der Waals surface area contributed by atoms with E-state index in [-0.39, 0.29) is 0 Å². The van der Waals surface area contributed by atoms with Gasteiger partial charge in [-0.15, -0.1) is 0 Å². The van der Waals surface area contributed by atoms with Crippen molar-refractivity contribution < 1.29 is 0 Å². The van der Waals surface area contributed by atoms with Crippen molar-refractivity contribution in [3.05, 3.63) is 29.0 Å². The SMILES string of the molecule is CC(=S)N(C)c1cccc(-n2[nH]nnc2=S)c1. The smallest absolute Gasteiger partial charge is 0.242 e. The average molecular weight is 265 g/mol. The minimum absolute atomic E-state index is 0.392. The Bertz CT molecular complexity index is 600. The molecule has 1 N–H and O–H groups in total. The van der Waals surface area contributed by atoms with Gasteiger partial charge in [-0.25, -0.2) is 4.68 Å². The van der Waals surface area contributed by atoms with Crippen molar-refractivity contribution in [3.8, 4) is 5.69 Å². The maximum atomic E-state index is 5.14. The maximum absolute atomic E-state index is 5.14. The van der Waals surface area contributed by atoms with Gasteiger partial charge in [-0.05, 0) is 37.3 Å². The van der Waals surface area contributed by atoms with Gasteiger partial charge in [0.15, 0.2) is 0 Å². The minimum atomic E-state index is 0.392. The zero-order chi connectivity index (χ0) is 12.4. The fourth-order valence-electron chi connectivity index (χ4n) is 1.39. The second-order valence-corrected chi connectivity index (χ2v) is 4.47. The number of benzene rings is 1. The van der Waals surface area contributed by atoms with Crippen LogP contribution < -0.4 is 4.90 Å². The van der Waals surface area contributed by atoms with Crippen molar-refractivity contribution in [2.24, 2.45) is 0 Å². The van der Waals surface area contributed by atoms with Crippen molar-refractivity contribution in [2.75, 3.05) is 11.9 Å². The lowest BCUT2D eigenvalue weighted by molar-refractivity contribution is 0.786. The van der Waals surface area contributed by atoms with Crippen LogP contribution in [0.3, 0.4) is 0 Å². The fraction of sp³-hybridized carbons (Fsp3) is 0.200. The molecule has 7 heteroatoms. The Balaban J connectivity index is 2.46. The Morgan fingerprint density at radius 2 is 2.24 bits per heavy atom. The van der Waals surface area contributed by atoms with Crippen LogP contribution in [0.25, 0.3) is 5.69 Å². The van der Waals surface area contributed by atoms with Crippen LogP contribution >= 0.6 is 24.4 Å². The molecular formula is C10H11N5S2. The van der Waals surface area contributed by atoms with Gasteiger partial charge in [0.1, 0.15) is 0 Å². The molecule has 2 rings (SSSR count). The highest BCUT2D eigenvalue weighted by molar-refractivity contribution is 7.80. The Labute approximate surface area is 109 Å². The first kappa shape index (κ1) is 11.9. The summed E-state index contributed by atoms with van der Waals surface area (Å²) in [5, 5.41) is 10.1. The second kappa shape index (κ2) is 4.72. The van der Waals surface area contributed by atoms with Crippen LogP contribution in [-0.2, 0) is 0 Å². The van der Waals surface area contributed by atoms with Crippen LogP contribution in [0.2, 0.25) is 0 Å². The first-order chi connectivity index (χ1) is 8.09. The van der Waals surface area contributed by atoms with E-state index < -0.39 is 0 Å². The van der Waals surface area contributed by atoms with Crippen LogP contribution in [0.15, 0.2) is 24.3 Å². The summed E-state index contributed by atoms with van der Waals surface area (Å²) in [6.45, 7) is 1.88. The molecular weight excluding hydrogens is 254 g/mol. The predicted molar refractivity (Wildman–Crippen MR) is 73.2 cm³/mol. The van der Waals surface area contributed by atoms with Gasteiger partial charge < -0.3 is 4.90 Å². The van der Waals surface area contributed by atoms with E-state index in [2.05, 4.69) is 15.5 Å². The number of hydrogen-bond acceptors (Lipinski definition) is 4. The lowest BCUT2D eigenvalue weighted by Gasteiger charge is -2.18. The molecule has 88 valence electrons. The number of hydrogen-bond donors (Lipinski definition) is 1. The van der Waals surface area contributed by atoms with Crippen LogP contribution in [0.5, 0.6) is 0 Å². The molecule has 0 unspecified atom stereocenters. The summed E-state index contributed by atoms with van der Waals surface area (Å²) in [4.78, 5) is 2.72. The predicted octanol–water partition coefficient (Wildman–Crippen LogP) is 2.11. The summed E-state index contributed by atoms with van der Waals surface area (Å²) in [5.74, 6) is 0. The molecule has 17 heavy (non-hydrogen) atoms. The molecule has 0 saturated carbocycles. The third-order valence-corrected chi connectivity index (χ3v) is 2.96. The molecule has 1 aromatic carbocycles. The average Bonchev–Trinajstić information content (AvgIpc) is 2.74. The normalized spacial score (nSPS) is 10.2. The second-order valence-electron chi connectivity index (χ2n) is 3.52. The summed E-state index contributed by atoms with van der Waals surface area (Å²) in [7, 11) is 1.92. The van der Waals surface area contributed by atoms with Crippen molar-refractivity contribution in [3.63, 3.8) is 0 Å². The molecule has 0 radical (unpaired) electrons. The molecule has 2 aromatic rings. The lowest BCUT2D eigenvalue weighted by Crippen LogP contribution is -2.21. The highest BCUT2D eigenvalue weighted by atomic mass is 32.1. The summed E-state index contributed by atoms with van der Waals surface area (Å²) in [6, 6.07) is 7.80. The molecule has 0 atom stereocenters. The summed E-state index contributed by atoms with van der Waals surface area (Å²) < 4.78 is 2.02. The summed E-state index contributed by atoms with van der Waals surface area (Å²) in [6.07, 6.45) is 0. The van der Waals surface area contributed by atoms with E-state index in [4.69, 9.17) is 24.4 Å². The zero-order valence-corrected chi connectivity index (χ0v) is 11.0. The molecule has 0 aliphatic carbocycles. The lowest BCUT2D eigenvalue weighted by atomic mass is 10.2. The van der Waals surface area contributed by atoms with Crippen LogP contribution in [0.1, 0.15) is 6.92 Å². The maximum Gasteiger partial charge on any atom is 0.242 e. The number of anilines is 1. The molecule has 0 spiro atoms. The molecule has 0 amide bonds. The third kappa shape index (κ3) is 2.40. The Morgan fingerprint density at radius 3 is 2.82 bits per heavy atom. The van der Waals surface area contributed by atoms with Gasteiger partial charge in [-0.3, -0.25) is 0 Å². The number of thiocarbonyl (C=S) groups is 1. The number of nitrogens with one attached hydrogen (secondary N) is 1. The van der Waals surface area contributed by atoms with E-state index in [1.165, 1.54) is 0 Å². The third-order valence-electron chi connectivity index (χ3n) is 2.42. The molecule has 0 bridgehead atoms. The first-order valence-corrected chi connectivity index (χ1v) is 5.76. The fourth-order valence-corrected chi connectivity index (χ4v) is 1.68. The molecule has 0 aliphatic heterocycles. The largest absolute Gasteiger partial charge is 0.339 e. The van der Waals surface area contributed by atoms with E-state index >= 15 is 0 Å². The number of aromatic amines is 1. The topological polar surface area (TPSA) is 49.7 Å². The summed E-state index contributed by atoms with van der Waals surface area (Å²) in [5.41, 5.74) is 1.87. The Morgan fingerprint density at radius 1 is 1.47 bits per heavy atom. The van der Waals surface area contributed by atoms with Gasteiger partial charge in [0, 0.05) is 12.7 Å². The van der Waals surface area contributed by atoms with Gasteiger partial charge in [-0.1, -0.05) is 28.6 Å². The molecule has 5 nitrogen and oxygen atoms in total. The van der Waals surface area contributed by atoms with E-state index in [9.17, 15) is 0 Å². The number of H-pyrrole nitrogens is 1. The molecule has 1 heterocycles. The number of aromatic nitrogens is 4. The van der Waals surface area contributed by atoms with E-state index in [0.29, 0.717) is 4.77 Å². The summed E-state index contributed by atoms with van der Waals surface area (Å²) >= 11 is 10.2. The van der Waals surface area contributed by atoms with E-state index in [1.54, 1.807) is 4.68 Å². The van der Waals surface area contributed by atoms with Crippen molar-refractivity contribution in [2.45, 2.75) is 6.92 Å². The van der Waals surface area contributed by atoms with Crippen molar-refractivity contribution in [1.82, 2.24) is 20.2 Å². The zero-order valence-electron chi connectivity index (χ0n) is 9.41. The minimum Gasteiger partial charge on any atom is -0.339 e. The number of rotatable bonds is 2. The van der Waals surface area contributed by atoms with Gasteiger partial charge in [0.25, 0.3) is 0 Å². The quantitative estimate of drug-likeness (QED) is 0.843. The monoisotopic (exact) mass is 265 g/mol. The standard InChI is InChI=1S/C10H11N5S2/c1-7(16)14(2)8-4-3-5-9(6-8)15-10(17)11-12-13-15/h3-6H,1-2H3,(H,11,13,17). The highest BCUT2D eigenvalue weighted by Crippen LogP contribution is 2.17. The molecule has 0 fully saturated rings. The van der Waals surface area contributed by atoms with Crippen molar-refractivity contribution in [1.29, 1.82) is 0 Å². The number of nitrogens with zero attached hydrogens (tertiary/aromatic N) is 4. The Kier molecular flexibility index (Phi) is 3.30.